The van der Waals surface area contributed by atoms with E-state index in [0.717, 1.165) is 18.3 Å². The molecule has 0 saturated heterocycles. The number of hydrogen-bond acceptors (Lipinski definition) is 1. The van der Waals surface area contributed by atoms with Crippen molar-refractivity contribution in [2.24, 2.45) is 56.7 Å². The number of allylic oxidation sites excluding steroid dienone is 1. The van der Waals surface area contributed by atoms with Crippen LogP contribution in [-0.4, -0.2) is 11.2 Å². The Balaban J connectivity index is 1.59. The van der Waals surface area contributed by atoms with Crippen molar-refractivity contribution in [2.75, 3.05) is 0 Å². The Morgan fingerprint density at radius 1 is 0.839 bits per heavy atom. The van der Waals surface area contributed by atoms with E-state index in [4.69, 9.17) is 0 Å². The molecule has 1 heteroatoms. The van der Waals surface area contributed by atoms with Crippen molar-refractivity contribution < 1.29 is 5.11 Å². The number of hydrogen-bond donors (Lipinski definition) is 1. The predicted octanol–water partition coefficient (Wildman–Crippen LogP) is 8.02. The Kier molecular flexibility index (Phi) is 4.82. The molecule has 1 unspecified atom stereocenters. The molecule has 1 nitrogen and oxygen atoms in total. The van der Waals surface area contributed by atoms with Crippen LogP contribution >= 0.6 is 0 Å². The molecule has 0 aromatic carbocycles. The first kappa shape index (κ1) is 22.5. The summed E-state index contributed by atoms with van der Waals surface area (Å²) in [5, 5.41) is 12.0. The van der Waals surface area contributed by atoms with E-state index in [2.05, 4.69) is 55.0 Å². The summed E-state index contributed by atoms with van der Waals surface area (Å²) in [6.45, 7) is 22.3. The summed E-state index contributed by atoms with van der Waals surface area (Å²) in [6.07, 6.45) is 13.1. The Morgan fingerprint density at radius 2 is 1.55 bits per heavy atom. The summed E-state index contributed by atoms with van der Waals surface area (Å²) in [5.41, 5.74) is 3.21. The highest BCUT2D eigenvalue weighted by Crippen LogP contribution is 2.77. The normalized spacial score (nSPS) is 57.9. The van der Waals surface area contributed by atoms with Gasteiger partial charge in [0.15, 0.2) is 0 Å². The summed E-state index contributed by atoms with van der Waals surface area (Å²) in [5.74, 6) is 3.29. The first-order valence-corrected chi connectivity index (χ1v) is 13.6. The Bertz CT molecular complexity index is 766. The first-order valence-electron chi connectivity index (χ1n) is 13.6. The van der Waals surface area contributed by atoms with Crippen molar-refractivity contribution in [3.8, 4) is 0 Å². The molecule has 176 valence electrons. The lowest BCUT2D eigenvalue weighted by molar-refractivity contribution is -0.267. The molecule has 0 aromatic heterocycles. The Hall–Kier alpha value is -0.300. The largest absolute Gasteiger partial charge is 0.393 e. The van der Waals surface area contributed by atoms with Crippen molar-refractivity contribution in [3.05, 3.63) is 12.2 Å². The number of aliphatic hydroxyl groups is 1. The van der Waals surface area contributed by atoms with Crippen molar-refractivity contribution in [1.29, 1.82) is 0 Å². The van der Waals surface area contributed by atoms with E-state index in [9.17, 15) is 5.11 Å². The molecule has 0 amide bonds. The van der Waals surface area contributed by atoms with Gasteiger partial charge in [-0.1, -0.05) is 60.1 Å². The summed E-state index contributed by atoms with van der Waals surface area (Å²) in [4.78, 5) is 0. The molecule has 0 radical (unpaired) electrons. The maximum Gasteiger partial charge on any atom is 0.0582 e. The lowest BCUT2D eigenvalue weighted by Gasteiger charge is -2.73. The van der Waals surface area contributed by atoms with Gasteiger partial charge in [-0.2, -0.15) is 0 Å². The summed E-state index contributed by atoms with van der Waals surface area (Å²) < 4.78 is 0. The molecule has 0 bridgehead atoms. The second-order valence-electron chi connectivity index (χ2n) is 14.8. The Morgan fingerprint density at radius 3 is 2.23 bits per heavy atom. The molecule has 0 aliphatic heterocycles. The SMILES string of the molecule is C=C(C)[C@@H]1CC[C@]2(C)CC[C@]3(C)[C@H](CC(O)[C@@H]4[C@@]5(C)CCCC(C)(C)[C@@H]5CC[C@]43C)[C@@H]12. The molecular formula is C30H50O. The average Bonchev–Trinajstić information content (AvgIpc) is 3.00. The van der Waals surface area contributed by atoms with Crippen LogP contribution in [0, 0.1) is 56.7 Å². The molecule has 0 aromatic rings. The highest BCUT2D eigenvalue weighted by Gasteiger charge is 2.71. The molecule has 0 heterocycles. The monoisotopic (exact) mass is 426 g/mol. The fourth-order valence-corrected chi connectivity index (χ4v) is 11.7. The fourth-order valence-electron chi connectivity index (χ4n) is 11.7. The minimum absolute atomic E-state index is 0.126. The third kappa shape index (κ3) is 2.71. The van der Waals surface area contributed by atoms with Crippen molar-refractivity contribution in [1.82, 2.24) is 0 Å². The van der Waals surface area contributed by atoms with Gasteiger partial charge in [-0.25, -0.2) is 0 Å². The van der Waals surface area contributed by atoms with Gasteiger partial charge in [0, 0.05) is 0 Å². The van der Waals surface area contributed by atoms with Gasteiger partial charge in [0.25, 0.3) is 0 Å². The number of fused-ring (bicyclic) bond motifs is 7. The van der Waals surface area contributed by atoms with E-state index in [1.807, 2.05) is 0 Å². The van der Waals surface area contributed by atoms with E-state index in [1.54, 1.807) is 0 Å². The van der Waals surface area contributed by atoms with Gasteiger partial charge in [-0.3, -0.25) is 0 Å². The summed E-state index contributed by atoms with van der Waals surface area (Å²) >= 11 is 0. The van der Waals surface area contributed by atoms with Gasteiger partial charge >= 0.3 is 0 Å². The maximum atomic E-state index is 12.0. The molecule has 5 aliphatic carbocycles. The zero-order valence-electron chi connectivity index (χ0n) is 21.7. The third-order valence-electron chi connectivity index (χ3n) is 13.2. The molecule has 10 atom stereocenters. The highest BCUT2D eigenvalue weighted by atomic mass is 16.3. The van der Waals surface area contributed by atoms with Crippen LogP contribution in [0.1, 0.15) is 113 Å². The molecule has 1 N–H and O–H groups in total. The summed E-state index contributed by atoms with van der Waals surface area (Å²) in [7, 11) is 0. The van der Waals surface area contributed by atoms with Crippen LogP contribution in [0.15, 0.2) is 12.2 Å². The van der Waals surface area contributed by atoms with Gasteiger partial charge in [0.2, 0.25) is 0 Å². The second kappa shape index (κ2) is 6.64. The zero-order chi connectivity index (χ0) is 22.6. The number of rotatable bonds is 1. The fraction of sp³-hybridized carbons (Fsp3) is 0.933. The van der Waals surface area contributed by atoms with E-state index in [0.29, 0.717) is 39.4 Å². The minimum atomic E-state index is -0.126. The van der Waals surface area contributed by atoms with Crippen LogP contribution in [0.25, 0.3) is 0 Å². The van der Waals surface area contributed by atoms with Gasteiger partial charge in [-0.05, 0) is 121 Å². The van der Waals surface area contributed by atoms with Crippen molar-refractivity contribution >= 4 is 0 Å². The standard InChI is InChI=1S/C30H50O/c1-19(2)20-10-14-27(5)16-17-29(7)21(24(20)27)18-22(31)25-28(6)13-9-12-26(3,4)23(28)11-15-30(25,29)8/h20-25,31H,1,9-18H2,2-8H3/t20-,21+,22?,23-,24+,25+,27+,28-,29+,30+/m0/s1. The van der Waals surface area contributed by atoms with Crippen LogP contribution in [-0.2, 0) is 0 Å². The van der Waals surface area contributed by atoms with Crippen LogP contribution < -0.4 is 0 Å². The van der Waals surface area contributed by atoms with Crippen LogP contribution in [0.4, 0.5) is 0 Å². The summed E-state index contributed by atoms with van der Waals surface area (Å²) in [6, 6.07) is 0. The predicted molar refractivity (Wildman–Crippen MR) is 131 cm³/mol. The quantitative estimate of drug-likeness (QED) is 0.421. The zero-order valence-corrected chi connectivity index (χ0v) is 21.7. The van der Waals surface area contributed by atoms with E-state index in [1.165, 1.54) is 63.4 Å². The van der Waals surface area contributed by atoms with Crippen molar-refractivity contribution in [2.45, 2.75) is 119 Å². The first-order chi connectivity index (χ1) is 14.3. The van der Waals surface area contributed by atoms with Gasteiger partial charge in [-0.15, -0.1) is 0 Å². The van der Waals surface area contributed by atoms with Gasteiger partial charge in [0.05, 0.1) is 6.10 Å². The van der Waals surface area contributed by atoms with Crippen molar-refractivity contribution in [3.63, 3.8) is 0 Å². The molecule has 5 rings (SSSR count). The maximum absolute atomic E-state index is 12.0. The molecule has 5 aliphatic rings. The van der Waals surface area contributed by atoms with Crippen LogP contribution in [0.3, 0.4) is 0 Å². The topological polar surface area (TPSA) is 20.2 Å². The third-order valence-corrected chi connectivity index (χ3v) is 13.2. The van der Waals surface area contributed by atoms with Crippen LogP contribution in [0.2, 0.25) is 0 Å². The minimum Gasteiger partial charge on any atom is -0.393 e. The molecule has 31 heavy (non-hydrogen) atoms. The second-order valence-corrected chi connectivity index (χ2v) is 14.8. The van der Waals surface area contributed by atoms with Gasteiger partial charge in [0.1, 0.15) is 0 Å². The molecular weight excluding hydrogens is 376 g/mol. The smallest absolute Gasteiger partial charge is 0.0582 e. The lowest BCUT2D eigenvalue weighted by Crippen LogP contribution is -2.68. The molecule has 0 spiro atoms. The lowest BCUT2D eigenvalue weighted by atomic mass is 9.32. The van der Waals surface area contributed by atoms with E-state index >= 15 is 0 Å². The van der Waals surface area contributed by atoms with E-state index in [-0.39, 0.29) is 11.5 Å². The molecule has 5 fully saturated rings. The van der Waals surface area contributed by atoms with Gasteiger partial charge < -0.3 is 5.11 Å². The Labute approximate surface area is 192 Å². The number of aliphatic hydroxyl groups excluding tert-OH is 1. The highest BCUT2D eigenvalue weighted by molar-refractivity contribution is 5.22. The molecule has 5 saturated carbocycles. The van der Waals surface area contributed by atoms with Crippen LogP contribution in [0.5, 0.6) is 0 Å². The average molecular weight is 427 g/mol. The van der Waals surface area contributed by atoms with E-state index < -0.39 is 0 Å².